The standard InChI is InChI=1S/C16H21ClFNO/c1-3-12-5-4-11(2)19(10-12)16(20)8-13-6-7-14(18)9-15(13)17/h6-7,9,11-12H,3-5,8,10H2,1-2H3/t11-,12+/m0/s1. The summed E-state index contributed by atoms with van der Waals surface area (Å²) in [5, 5.41) is 0.329. The maximum Gasteiger partial charge on any atom is 0.227 e. The first-order valence-corrected chi connectivity index (χ1v) is 7.62. The normalized spacial score (nSPS) is 22.9. The number of benzene rings is 1. The molecule has 1 amide bonds. The molecular formula is C16H21ClFNO. The van der Waals surface area contributed by atoms with Crippen LogP contribution in [0.1, 0.15) is 38.7 Å². The van der Waals surface area contributed by atoms with Crippen molar-refractivity contribution in [3.8, 4) is 0 Å². The smallest absolute Gasteiger partial charge is 0.227 e. The molecule has 2 atom stereocenters. The quantitative estimate of drug-likeness (QED) is 0.824. The highest BCUT2D eigenvalue weighted by Crippen LogP contribution is 2.25. The van der Waals surface area contributed by atoms with Gasteiger partial charge in [-0.2, -0.15) is 0 Å². The molecule has 1 aliphatic heterocycles. The van der Waals surface area contributed by atoms with E-state index in [4.69, 9.17) is 11.6 Å². The third kappa shape index (κ3) is 3.51. The molecule has 0 unspecified atom stereocenters. The first-order valence-electron chi connectivity index (χ1n) is 7.24. The zero-order valence-electron chi connectivity index (χ0n) is 12.0. The predicted molar refractivity (Wildman–Crippen MR) is 79.3 cm³/mol. The molecule has 20 heavy (non-hydrogen) atoms. The van der Waals surface area contributed by atoms with Crippen molar-refractivity contribution < 1.29 is 9.18 Å². The Morgan fingerprint density at radius 2 is 2.20 bits per heavy atom. The van der Waals surface area contributed by atoms with Crippen LogP contribution in [-0.2, 0) is 11.2 Å². The van der Waals surface area contributed by atoms with Crippen molar-refractivity contribution in [2.24, 2.45) is 5.92 Å². The summed E-state index contributed by atoms with van der Waals surface area (Å²) in [6.07, 6.45) is 3.60. The summed E-state index contributed by atoms with van der Waals surface area (Å²) in [4.78, 5) is 14.4. The highest BCUT2D eigenvalue weighted by Gasteiger charge is 2.28. The molecule has 1 aliphatic rings. The number of carbonyl (C=O) groups is 1. The lowest BCUT2D eigenvalue weighted by molar-refractivity contribution is -0.134. The molecular weight excluding hydrogens is 277 g/mol. The van der Waals surface area contributed by atoms with Gasteiger partial charge >= 0.3 is 0 Å². The Balaban J connectivity index is 2.06. The van der Waals surface area contributed by atoms with Crippen molar-refractivity contribution in [1.82, 2.24) is 4.90 Å². The third-order valence-corrected chi connectivity index (χ3v) is 4.59. The molecule has 0 aliphatic carbocycles. The number of carbonyl (C=O) groups excluding carboxylic acids is 1. The zero-order chi connectivity index (χ0) is 14.7. The van der Waals surface area contributed by atoms with Gasteiger partial charge in [0, 0.05) is 17.6 Å². The van der Waals surface area contributed by atoms with Crippen LogP contribution in [-0.4, -0.2) is 23.4 Å². The summed E-state index contributed by atoms with van der Waals surface area (Å²) >= 11 is 5.99. The van der Waals surface area contributed by atoms with Crippen LogP contribution in [0.2, 0.25) is 5.02 Å². The van der Waals surface area contributed by atoms with E-state index in [-0.39, 0.29) is 24.2 Å². The van der Waals surface area contributed by atoms with Crippen LogP contribution in [0.5, 0.6) is 0 Å². The van der Waals surface area contributed by atoms with Crippen molar-refractivity contribution in [2.45, 2.75) is 45.6 Å². The van der Waals surface area contributed by atoms with Gasteiger partial charge in [-0.1, -0.05) is 31.0 Å². The van der Waals surface area contributed by atoms with Crippen molar-refractivity contribution >= 4 is 17.5 Å². The molecule has 4 heteroatoms. The van der Waals surface area contributed by atoms with Crippen LogP contribution in [0.3, 0.4) is 0 Å². The van der Waals surface area contributed by atoms with Crippen LogP contribution in [0.15, 0.2) is 18.2 Å². The lowest BCUT2D eigenvalue weighted by Crippen LogP contribution is -2.46. The molecule has 1 fully saturated rings. The number of likely N-dealkylation sites (tertiary alicyclic amines) is 1. The van der Waals surface area contributed by atoms with E-state index in [0.717, 1.165) is 19.4 Å². The lowest BCUT2D eigenvalue weighted by atomic mass is 9.91. The van der Waals surface area contributed by atoms with Gasteiger partial charge in [-0.15, -0.1) is 0 Å². The number of nitrogens with zero attached hydrogens (tertiary/aromatic N) is 1. The molecule has 0 bridgehead atoms. The Hall–Kier alpha value is -1.09. The van der Waals surface area contributed by atoms with Crippen LogP contribution in [0, 0.1) is 11.7 Å². The van der Waals surface area contributed by atoms with Gasteiger partial charge in [-0.05, 0) is 43.4 Å². The largest absolute Gasteiger partial charge is 0.339 e. The minimum atomic E-state index is -0.372. The predicted octanol–water partition coefficient (Wildman–Crippen LogP) is 4.06. The van der Waals surface area contributed by atoms with E-state index in [2.05, 4.69) is 13.8 Å². The fourth-order valence-electron chi connectivity index (χ4n) is 2.79. The summed E-state index contributed by atoms with van der Waals surface area (Å²) in [6.45, 7) is 5.09. The Bertz CT molecular complexity index is 491. The number of piperidine rings is 1. The zero-order valence-corrected chi connectivity index (χ0v) is 12.8. The Morgan fingerprint density at radius 3 is 2.85 bits per heavy atom. The van der Waals surface area contributed by atoms with Crippen molar-refractivity contribution in [1.29, 1.82) is 0 Å². The average molecular weight is 298 g/mol. The van der Waals surface area contributed by atoms with Gasteiger partial charge in [0.1, 0.15) is 5.82 Å². The van der Waals surface area contributed by atoms with E-state index in [9.17, 15) is 9.18 Å². The third-order valence-electron chi connectivity index (χ3n) is 4.23. The van der Waals surface area contributed by atoms with Crippen LogP contribution in [0.4, 0.5) is 4.39 Å². The van der Waals surface area contributed by atoms with Gasteiger partial charge in [0.2, 0.25) is 5.91 Å². The van der Waals surface area contributed by atoms with Crippen molar-refractivity contribution in [3.05, 3.63) is 34.6 Å². The van der Waals surface area contributed by atoms with E-state index in [1.54, 1.807) is 6.07 Å². The molecule has 1 saturated heterocycles. The molecule has 110 valence electrons. The molecule has 0 aromatic heterocycles. The number of amides is 1. The van der Waals surface area contributed by atoms with Gasteiger partial charge in [-0.25, -0.2) is 4.39 Å². The summed E-state index contributed by atoms with van der Waals surface area (Å²) in [7, 11) is 0. The summed E-state index contributed by atoms with van der Waals surface area (Å²) in [5.41, 5.74) is 0.698. The highest BCUT2D eigenvalue weighted by atomic mass is 35.5. The Labute approximate surface area is 124 Å². The van der Waals surface area contributed by atoms with Gasteiger partial charge < -0.3 is 4.90 Å². The van der Waals surface area contributed by atoms with E-state index in [1.807, 2.05) is 4.90 Å². The topological polar surface area (TPSA) is 20.3 Å². The van der Waals surface area contributed by atoms with E-state index >= 15 is 0 Å². The second-order valence-corrected chi connectivity index (χ2v) is 6.07. The van der Waals surface area contributed by atoms with Gasteiger partial charge in [0.15, 0.2) is 0 Å². The summed E-state index contributed by atoms with van der Waals surface area (Å²) in [6, 6.07) is 4.49. The maximum atomic E-state index is 13.0. The second kappa shape index (κ2) is 6.57. The minimum absolute atomic E-state index is 0.0872. The minimum Gasteiger partial charge on any atom is -0.339 e. The van der Waals surface area contributed by atoms with Gasteiger partial charge in [-0.3, -0.25) is 4.79 Å². The van der Waals surface area contributed by atoms with E-state index in [0.29, 0.717) is 16.5 Å². The summed E-state index contributed by atoms with van der Waals surface area (Å²) in [5.74, 6) is 0.312. The van der Waals surface area contributed by atoms with E-state index in [1.165, 1.54) is 18.6 Å². The van der Waals surface area contributed by atoms with Crippen molar-refractivity contribution in [3.63, 3.8) is 0 Å². The second-order valence-electron chi connectivity index (χ2n) is 5.66. The number of halogens is 2. The van der Waals surface area contributed by atoms with Crippen molar-refractivity contribution in [2.75, 3.05) is 6.54 Å². The highest BCUT2D eigenvalue weighted by molar-refractivity contribution is 6.31. The molecule has 0 saturated carbocycles. The molecule has 0 radical (unpaired) electrons. The molecule has 2 rings (SSSR count). The number of hydrogen-bond acceptors (Lipinski definition) is 1. The summed E-state index contributed by atoms with van der Waals surface area (Å²) < 4.78 is 13.0. The number of hydrogen-bond donors (Lipinski definition) is 0. The molecule has 1 aromatic carbocycles. The molecule has 0 spiro atoms. The monoisotopic (exact) mass is 297 g/mol. The van der Waals surface area contributed by atoms with Gasteiger partial charge in [0.25, 0.3) is 0 Å². The van der Waals surface area contributed by atoms with E-state index < -0.39 is 0 Å². The van der Waals surface area contributed by atoms with Gasteiger partial charge in [0.05, 0.1) is 6.42 Å². The number of rotatable bonds is 3. The maximum absolute atomic E-state index is 13.0. The molecule has 1 aromatic rings. The first-order chi connectivity index (χ1) is 9.51. The molecule has 2 nitrogen and oxygen atoms in total. The fraction of sp³-hybridized carbons (Fsp3) is 0.562. The van der Waals surface area contributed by atoms with Crippen LogP contribution < -0.4 is 0 Å². The Morgan fingerprint density at radius 1 is 1.45 bits per heavy atom. The fourth-order valence-corrected chi connectivity index (χ4v) is 3.03. The molecule has 1 heterocycles. The first kappa shape index (κ1) is 15.3. The SMILES string of the molecule is CC[C@@H]1CC[C@H](C)N(C(=O)Cc2ccc(F)cc2Cl)C1. The average Bonchev–Trinajstić information content (AvgIpc) is 2.42. The molecule has 0 N–H and O–H groups in total. The lowest BCUT2D eigenvalue weighted by Gasteiger charge is -2.38. The van der Waals surface area contributed by atoms with Crippen LogP contribution >= 0.6 is 11.6 Å². The Kier molecular flexibility index (Phi) is 5.03. The van der Waals surface area contributed by atoms with Crippen LogP contribution in [0.25, 0.3) is 0 Å².